The summed E-state index contributed by atoms with van der Waals surface area (Å²) in [4.78, 5) is 49.1. The average Bonchev–Trinajstić information content (AvgIpc) is 3.30. The van der Waals surface area contributed by atoms with Crippen molar-refractivity contribution in [3.8, 4) is 0 Å². The fraction of sp³-hybridized carbons (Fsp3) is 0.618. The summed E-state index contributed by atoms with van der Waals surface area (Å²) in [5, 5.41) is 10.6. The van der Waals surface area contributed by atoms with Gasteiger partial charge in [-0.1, -0.05) is 102 Å². The molecular weight excluding hydrogens is 530 g/mol. The molecule has 0 bridgehead atoms. The number of fused-ring (bicyclic) bond motifs is 2. The molecule has 7 atom stereocenters. The van der Waals surface area contributed by atoms with Gasteiger partial charge in [-0.2, -0.15) is 0 Å². The van der Waals surface area contributed by atoms with Crippen LogP contribution in [-0.4, -0.2) is 87.1 Å². The summed E-state index contributed by atoms with van der Waals surface area (Å²) in [6, 6.07) is 8.36. The maximum absolute atomic E-state index is 14.8. The van der Waals surface area contributed by atoms with Gasteiger partial charge in [-0.05, 0) is 24.3 Å². The van der Waals surface area contributed by atoms with Gasteiger partial charge >= 0.3 is 0 Å². The van der Waals surface area contributed by atoms with Gasteiger partial charge in [-0.25, -0.2) is 0 Å². The highest BCUT2D eigenvalue weighted by Crippen LogP contribution is 2.59. The van der Waals surface area contributed by atoms with Crippen LogP contribution in [0, 0.1) is 17.8 Å². The van der Waals surface area contributed by atoms with E-state index < -0.39 is 35.1 Å². The number of hydrogen-bond acceptors (Lipinski definition) is 5. The number of aliphatic hydroxyl groups excluding tert-OH is 1. The topological polar surface area (TPSA) is 90.4 Å². The first-order chi connectivity index (χ1) is 20.3. The third-order valence-electron chi connectivity index (χ3n) is 10.1. The van der Waals surface area contributed by atoms with Crippen LogP contribution in [0.15, 0.2) is 54.6 Å². The summed E-state index contributed by atoms with van der Waals surface area (Å²) in [5.74, 6) is -2.25. The largest absolute Gasteiger partial charge is 0.394 e. The van der Waals surface area contributed by atoms with Crippen molar-refractivity contribution in [2.24, 2.45) is 17.8 Å². The van der Waals surface area contributed by atoms with Gasteiger partial charge in [0.25, 0.3) is 0 Å². The molecule has 4 aliphatic heterocycles. The molecule has 1 unspecified atom stereocenters. The van der Waals surface area contributed by atoms with E-state index in [0.717, 1.165) is 31.2 Å². The first-order valence-corrected chi connectivity index (χ1v) is 15.9. The molecule has 1 aromatic rings. The van der Waals surface area contributed by atoms with Crippen LogP contribution in [0.3, 0.4) is 0 Å². The van der Waals surface area contributed by atoms with Crippen molar-refractivity contribution in [3.05, 3.63) is 60.2 Å². The lowest BCUT2D eigenvalue weighted by atomic mass is 9.73. The lowest BCUT2D eigenvalue weighted by Gasteiger charge is -2.42. The lowest BCUT2D eigenvalue weighted by molar-refractivity contribution is -0.158. The Kier molecular flexibility index (Phi) is 8.95. The summed E-state index contributed by atoms with van der Waals surface area (Å²) in [5.41, 5.74) is -1.30. The zero-order valence-corrected chi connectivity index (χ0v) is 25.6. The molecule has 3 amide bonds. The molecule has 8 heteroatoms. The number of benzene rings is 1. The maximum Gasteiger partial charge on any atom is 0.249 e. The summed E-state index contributed by atoms with van der Waals surface area (Å²) in [6.07, 6.45) is 12.0. The van der Waals surface area contributed by atoms with E-state index in [4.69, 9.17) is 4.74 Å². The molecule has 4 aliphatic rings. The number of likely N-dealkylation sites (tertiary alicyclic amines) is 1. The first kappa shape index (κ1) is 30.5. The van der Waals surface area contributed by atoms with Gasteiger partial charge < -0.3 is 24.5 Å². The molecule has 5 rings (SSSR count). The number of hydrogen-bond donors (Lipinski definition) is 1. The Morgan fingerprint density at radius 1 is 0.929 bits per heavy atom. The summed E-state index contributed by atoms with van der Waals surface area (Å²) in [6.45, 7) is 9.75. The number of rotatable bonds is 11. The summed E-state index contributed by atoms with van der Waals surface area (Å²) in [7, 11) is 0. The third kappa shape index (κ3) is 4.90. The van der Waals surface area contributed by atoms with Gasteiger partial charge in [0, 0.05) is 26.2 Å². The zero-order chi connectivity index (χ0) is 30.1. The van der Waals surface area contributed by atoms with E-state index in [1.807, 2.05) is 80.3 Å². The smallest absolute Gasteiger partial charge is 0.249 e. The van der Waals surface area contributed by atoms with Crippen molar-refractivity contribution in [2.75, 3.05) is 26.2 Å². The molecule has 2 saturated heterocycles. The Morgan fingerprint density at radius 3 is 2.31 bits per heavy atom. The minimum Gasteiger partial charge on any atom is -0.394 e. The second-order valence-corrected chi connectivity index (χ2v) is 12.5. The Balaban J connectivity index is 1.62. The molecule has 0 radical (unpaired) electrons. The number of ether oxygens (including phenoxy) is 1. The standard InChI is InChI=1S/C34H47N3O5/c1-5-8-12-19-35-20-14-18-34-28(31(40)37(29(34)32(35)41)26(23-38)24(4)6-2)27-30(39)36(22-25-15-10-9-11-16-25)21-13-17-33(27,7-3)42-34/h9-11,13-18,24,26-29,38H,5-8,12,19-23H2,1-4H3/t24-,26-,27+,28-,29?,33-,34-/m0/s1. The molecular formula is C34H47N3O5. The maximum atomic E-state index is 14.8. The van der Waals surface area contributed by atoms with E-state index in [9.17, 15) is 19.5 Å². The van der Waals surface area contributed by atoms with Crippen LogP contribution >= 0.6 is 0 Å². The molecule has 8 nitrogen and oxygen atoms in total. The lowest BCUT2D eigenvalue weighted by Crippen LogP contribution is -2.60. The predicted octanol–water partition coefficient (Wildman–Crippen LogP) is 3.94. The van der Waals surface area contributed by atoms with Gasteiger partial charge in [-0.15, -0.1) is 0 Å². The van der Waals surface area contributed by atoms with Crippen molar-refractivity contribution in [1.29, 1.82) is 0 Å². The molecule has 1 N–H and O–H groups in total. The number of unbranched alkanes of at least 4 members (excludes halogenated alkanes) is 2. The van der Waals surface area contributed by atoms with Gasteiger partial charge in [0.15, 0.2) is 0 Å². The van der Waals surface area contributed by atoms with Gasteiger partial charge in [0.2, 0.25) is 17.7 Å². The Hall–Kier alpha value is -2.97. The average molecular weight is 578 g/mol. The molecule has 0 saturated carbocycles. The molecule has 1 aromatic carbocycles. The van der Waals surface area contributed by atoms with E-state index in [-0.39, 0.29) is 30.2 Å². The van der Waals surface area contributed by atoms with Crippen LogP contribution in [0.2, 0.25) is 0 Å². The Labute approximate surface area is 250 Å². The van der Waals surface area contributed by atoms with Gasteiger partial charge in [-0.3, -0.25) is 14.4 Å². The van der Waals surface area contributed by atoms with E-state index in [1.54, 1.807) is 9.80 Å². The monoisotopic (exact) mass is 577 g/mol. The molecule has 1 spiro atoms. The number of carbonyl (C=O) groups excluding carboxylic acids is 3. The summed E-state index contributed by atoms with van der Waals surface area (Å²) >= 11 is 0. The van der Waals surface area contributed by atoms with Gasteiger partial charge in [0.05, 0.1) is 30.1 Å². The number of carbonyl (C=O) groups is 3. The highest BCUT2D eigenvalue weighted by atomic mass is 16.5. The molecule has 0 aromatic heterocycles. The van der Waals surface area contributed by atoms with Crippen LogP contribution in [-0.2, 0) is 25.7 Å². The Bertz CT molecular complexity index is 1220. The fourth-order valence-electron chi connectivity index (χ4n) is 7.67. The van der Waals surface area contributed by atoms with Crippen LogP contribution in [0.5, 0.6) is 0 Å². The second kappa shape index (κ2) is 12.3. The highest BCUT2D eigenvalue weighted by Gasteiger charge is 2.76. The van der Waals surface area contributed by atoms with E-state index in [1.165, 1.54) is 0 Å². The van der Waals surface area contributed by atoms with Crippen LogP contribution < -0.4 is 0 Å². The molecule has 42 heavy (non-hydrogen) atoms. The number of nitrogens with zero attached hydrogens (tertiary/aromatic N) is 3. The van der Waals surface area contributed by atoms with Gasteiger partial charge in [0.1, 0.15) is 11.6 Å². The van der Waals surface area contributed by atoms with Crippen LogP contribution in [0.1, 0.15) is 65.4 Å². The van der Waals surface area contributed by atoms with E-state index in [0.29, 0.717) is 32.6 Å². The number of aliphatic hydroxyl groups is 1. The van der Waals surface area contributed by atoms with Crippen molar-refractivity contribution in [3.63, 3.8) is 0 Å². The fourth-order valence-corrected chi connectivity index (χ4v) is 7.67. The SMILES string of the molecule is CCCCCN1CC=C[C@]23O[C@@]4(CC)C=CCN(Cc5ccccc5)C(=O)[C@H]4[C@H]2C(=O)N([C@@H](CO)[C@@H](C)CC)C3C1=O. The minimum absolute atomic E-state index is 0.0429. The molecule has 0 aliphatic carbocycles. The van der Waals surface area contributed by atoms with Crippen molar-refractivity contribution < 1.29 is 24.2 Å². The van der Waals surface area contributed by atoms with Crippen molar-refractivity contribution in [2.45, 2.75) is 89.6 Å². The first-order valence-electron chi connectivity index (χ1n) is 15.9. The molecule has 228 valence electrons. The minimum atomic E-state index is -1.30. The van der Waals surface area contributed by atoms with E-state index in [2.05, 4.69) is 6.92 Å². The van der Waals surface area contributed by atoms with E-state index >= 15 is 0 Å². The predicted molar refractivity (Wildman–Crippen MR) is 161 cm³/mol. The number of amides is 3. The third-order valence-corrected chi connectivity index (χ3v) is 10.1. The second-order valence-electron chi connectivity index (χ2n) is 12.5. The van der Waals surface area contributed by atoms with Crippen molar-refractivity contribution >= 4 is 17.7 Å². The highest BCUT2D eigenvalue weighted by molar-refractivity contribution is 6.00. The quantitative estimate of drug-likeness (QED) is 0.318. The normalized spacial score (nSPS) is 32.0. The van der Waals surface area contributed by atoms with Crippen molar-refractivity contribution in [1.82, 2.24) is 14.7 Å². The zero-order valence-electron chi connectivity index (χ0n) is 25.6. The van der Waals surface area contributed by atoms with Crippen LogP contribution in [0.4, 0.5) is 0 Å². The summed E-state index contributed by atoms with van der Waals surface area (Å²) < 4.78 is 7.09. The Morgan fingerprint density at radius 2 is 1.64 bits per heavy atom. The molecule has 4 heterocycles. The van der Waals surface area contributed by atoms with Crippen LogP contribution in [0.25, 0.3) is 0 Å². The molecule has 2 fully saturated rings.